The highest BCUT2D eigenvalue weighted by Gasteiger charge is 2.40. The van der Waals surface area contributed by atoms with Gasteiger partial charge in [0.2, 0.25) is 0 Å². The SMILES string of the molecule is CCCOc1ccc(C(=O)C2(CCC)CCNC2)cc1. The fraction of sp³-hybridized carbons (Fsp3) is 0.588. The van der Waals surface area contributed by atoms with Crippen molar-refractivity contribution in [3.8, 4) is 5.75 Å². The molecule has 1 unspecified atom stereocenters. The molecule has 0 bridgehead atoms. The Balaban J connectivity index is 2.11. The molecule has 0 amide bonds. The Morgan fingerprint density at radius 1 is 1.25 bits per heavy atom. The van der Waals surface area contributed by atoms with Gasteiger partial charge in [0.05, 0.1) is 6.61 Å². The predicted octanol–water partition coefficient (Wildman–Crippen LogP) is 3.44. The van der Waals surface area contributed by atoms with Crippen molar-refractivity contribution in [1.82, 2.24) is 5.32 Å². The second-order valence-electron chi connectivity index (χ2n) is 5.66. The zero-order valence-electron chi connectivity index (χ0n) is 12.6. The molecule has 0 radical (unpaired) electrons. The van der Waals surface area contributed by atoms with E-state index in [4.69, 9.17) is 4.74 Å². The first-order chi connectivity index (χ1) is 9.72. The van der Waals surface area contributed by atoms with Crippen LogP contribution in [0.25, 0.3) is 0 Å². The summed E-state index contributed by atoms with van der Waals surface area (Å²) in [7, 11) is 0. The average Bonchev–Trinajstić information content (AvgIpc) is 2.95. The number of nitrogens with one attached hydrogen (secondary N) is 1. The van der Waals surface area contributed by atoms with E-state index in [0.29, 0.717) is 0 Å². The van der Waals surface area contributed by atoms with Crippen molar-refractivity contribution in [3.05, 3.63) is 29.8 Å². The number of rotatable bonds is 7. The Labute approximate surface area is 121 Å². The molecule has 2 rings (SSSR count). The molecule has 3 nitrogen and oxygen atoms in total. The summed E-state index contributed by atoms with van der Waals surface area (Å²) >= 11 is 0. The molecular weight excluding hydrogens is 250 g/mol. The Hall–Kier alpha value is -1.35. The lowest BCUT2D eigenvalue weighted by Crippen LogP contribution is -2.33. The van der Waals surface area contributed by atoms with Gasteiger partial charge in [-0.05, 0) is 50.1 Å². The third kappa shape index (κ3) is 3.21. The highest BCUT2D eigenvalue weighted by molar-refractivity contribution is 6.01. The number of carbonyl (C=O) groups excluding carboxylic acids is 1. The van der Waals surface area contributed by atoms with Gasteiger partial charge in [0.15, 0.2) is 5.78 Å². The molecule has 110 valence electrons. The van der Waals surface area contributed by atoms with Crippen LogP contribution in [0.3, 0.4) is 0 Å². The molecular formula is C17H25NO2. The summed E-state index contributed by atoms with van der Waals surface area (Å²) in [4.78, 5) is 12.8. The van der Waals surface area contributed by atoms with Gasteiger partial charge in [-0.2, -0.15) is 0 Å². The van der Waals surface area contributed by atoms with Gasteiger partial charge in [0.25, 0.3) is 0 Å². The van der Waals surface area contributed by atoms with E-state index < -0.39 is 0 Å². The Morgan fingerprint density at radius 2 is 2.00 bits per heavy atom. The van der Waals surface area contributed by atoms with Crippen LogP contribution in [0.2, 0.25) is 0 Å². The van der Waals surface area contributed by atoms with E-state index in [1.807, 2.05) is 24.3 Å². The lowest BCUT2D eigenvalue weighted by atomic mass is 9.76. The Morgan fingerprint density at radius 3 is 2.55 bits per heavy atom. The van der Waals surface area contributed by atoms with Crippen molar-refractivity contribution in [2.45, 2.75) is 39.5 Å². The second-order valence-corrected chi connectivity index (χ2v) is 5.66. The van der Waals surface area contributed by atoms with E-state index in [2.05, 4.69) is 19.2 Å². The summed E-state index contributed by atoms with van der Waals surface area (Å²) in [6, 6.07) is 7.63. The highest BCUT2D eigenvalue weighted by atomic mass is 16.5. The fourth-order valence-electron chi connectivity index (χ4n) is 2.97. The number of ketones is 1. The summed E-state index contributed by atoms with van der Waals surface area (Å²) < 4.78 is 5.56. The Kier molecular flexibility index (Phi) is 5.18. The first-order valence-electron chi connectivity index (χ1n) is 7.70. The van der Waals surface area contributed by atoms with Crippen LogP contribution < -0.4 is 10.1 Å². The van der Waals surface area contributed by atoms with Gasteiger partial charge in [-0.15, -0.1) is 0 Å². The second kappa shape index (κ2) is 6.89. The zero-order valence-corrected chi connectivity index (χ0v) is 12.6. The molecule has 1 N–H and O–H groups in total. The standard InChI is InChI=1S/C17H25NO2/c1-3-9-17(10-11-18-13-17)16(19)14-5-7-15(8-6-14)20-12-4-2/h5-8,18H,3-4,9-13H2,1-2H3. The molecule has 0 aromatic heterocycles. The van der Waals surface area contributed by atoms with Crippen LogP contribution in [0.4, 0.5) is 0 Å². The zero-order chi connectivity index (χ0) is 14.4. The number of hydrogen-bond acceptors (Lipinski definition) is 3. The predicted molar refractivity (Wildman–Crippen MR) is 81.4 cm³/mol. The van der Waals surface area contributed by atoms with Gasteiger partial charge in [0.1, 0.15) is 5.75 Å². The van der Waals surface area contributed by atoms with Crippen LogP contribution in [-0.2, 0) is 0 Å². The summed E-state index contributed by atoms with van der Waals surface area (Å²) in [5, 5.41) is 3.34. The molecule has 1 fully saturated rings. The molecule has 1 saturated heterocycles. The molecule has 1 aliphatic heterocycles. The van der Waals surface area contributed by atoms with Crippen molar-refractivity contribution in [2.75, 3.05) is 19.7 Å². The number of carbonyl (C=O) groups is 1. The van der Waals surface area contributed by atoms with E-state index in [9.17, 15) is 4.79 Å². The van der Waals surface area contributed by atoms with Gasteiger partial charge < -0.3 is 10.1 Å². The van der Waals surface area contributed by atoms with Crippen molar-refractivity contribution in [2.24, 2.45) is 5.41 Å². The monoisotopic (exact) mass is 275 g/mol. The largest absolute Gasteiger partial charge is 0.494 e. The minimum absolute atomic E-state index is 0.194. The number of hydrogen-bond donors (Lipinski definition) is 1. The molecule has 0 spiro atoms. The van der Waals surface area contributed by atoms with Crippen LogP contribution in [0, 0.1) is 5.41 Å². The topological polar surface area (TPSA) is 38.3 Å². The quantitative estimate of drug-likeness (QED) is 0.775. The molecule has 3 heteroatoms. The van der Waals surface area contributed by atoms with Crippen LogP contribution in [0.5, 0.6) is 5.75 Å². The van der Waals surface area contributed by atoms with Gasteiger partial charge in [0, 0.05) is 17.5 Å². The fourth-order valence-corrected chi connectivity index (χ4v) is 2.97. The van der Waals surface area contributed by atoms with E-state index in [0.717, 1.165) is 56.7 Å². The minimum atomic E-state index is -0.194. The average molecular weight is 275 g/mol. The number of ether oxygens (including phenoxy) is 1. The van der Waals surface area contributed by atoms with Gasteiger partial charge in [-0.25, -0.2) is 0 Å². The normalized spacial score (nSPS) is 21.9. The Bertz CT molecular complexity index is 433. The molecule has 0 saturated carbocycles. The van der Waals surface area contributed by atoms with E-state index >= 15 is 0 Å². The van der Waals surface area contributed by atoms with Crippen LogP contribution in [-0.4, -0.2) is 25.5 Å². The molecule has 1 aromatic rings. The van der Waals surface area contributed by atoms with Gasteiger partial charge in [-0.1, -0.05) is 20.3 Å². The third-order valence-electron chi connectivity index (χ3n) is 4.04. The van der Waals surface area contributed by atoms with Gasteiger partial charge in [-0.3, -0.25) is 4.79 Å². The van der Waals surface area contributed by atoms with E-state index in [1.165, 1.54) is 0 Å². The maximum atomic E-state index is 12.8. The van der Waals surface area contributed by atoms with Crippen molar-refractivity contribution < 1.29 is 9.53 Å². The lowest BCUT2D eigenvalue weighted by Gasteiger charge is -2.26. The molecule has 1 atom stereocenters. The van der Waals surface area contributed by atoms with Crippen molar-refractivity contribution in [3.63, 3.8) is 0 Å². The minimum Gasteiger partial charge on any atom is -0.494 e. The number of benzene rings is 1. The third-order valence-corrected chi connectivity index (χ3v) is 4.04. The first kappa shape index (κ1) is 15.0. The van der Waals surface area contributed by atoms with E-state index in [-0.39, 0.29) is 11.2 Å². The molecule has 1 heterocycles. The van der Waals surface area contributed by atoms with E-state index in [1.54, 1.807) is 0 Å². The summed E-state index contributed by atoms with van der Waals surface area (Å²) in [6.07, 6.45) is 3.96. The van der Waals surface area contributed by atoms with Gasteiger partial charge >= 0.3 is 0 Å². The van der Waals surface area contributed by atoms with Crippen LogP contribution >= 0.6 is 0 Å². The van der Waals surface area contributed by atoms with Crippen molar-refractivity contribution in [1.29, 1.82) is 0 Å². The molecule has 20 heavy (non-hydrogen) atoms. The highest BCUT2D eigenvalue weighted by Crippen LogP contribution is 2.35. The van der Waals surface area contributed by atoms with Crippen LogP contribution in [0.1, 0.15) is 49.9 Å². The lowest BCUT2D eigenvalue weighted by molar-refractivity contribution is 0.0802. The summed E-state index contributed by atoms with van der Waals surface area (Å²) in [6.45, 7) is 6.71. The maximum Gasteiger partial charge on any atom is 0.170 e. The van der Waals surface area contributed by atoms with Crippen LogP contribution in [0.15, 0.2) is 24.3 Å². The summed E-state index contributed by atoms with van der Waals surface area (Å²) in [5.74, 6) is 1.13. The van der Waals surface area contributed by atoms with Crippen molar-refractivity contribution >= 4 is 5.78 Å². The molecule has 0 aliphatic carbocycles. The number of Topliss-reactive ketones (excluding diaryl/α,β-unsaturated/α-hetero) is 1. The molecule has 1 aromatic carbocycles. The first-order valence-corrected chi connectivity index (χ1v) is 7.70. The smallest absolute Gasteiger partial charge is 0.170 e. The molecule has 1 aliphatic rings. The maximum absolute atomic E-state index is 12.8. The summed E-state index contributed by atoms with van der Waals surface area (Å²) in [5.41, 5.74) is 0.617.